The van der Waals surface area contributed by atoms with E-state index in [4.69, 9.17) is 4.74 Å². The number of rotatable bonds is 6. The van der Waals surface area contributed by atoms with Gasteiger partial charge in [-0.1, -0.05) is 19.1 Å². The molecule has 1 fully saturated rings. The zero-order valence-corrected chi connectivity index (χ0v) is 14.3. The molecule has 1 aliphatic rings. The van der Waals surface area contributed by atoms with Gasteiger partial charge in [-0.3, -0.25) is 4.90 Å². The van der Waals surface area contributed by atoms with Gasteiger partial charge in [0, 0.05) is 19.1 Å². The third kappa shape index (κ3) is 4.49. The van der Waals surface area contributed by atoms with Crippen molar-refractivity contribution in [3.05, 3.63) is 34.1 Å². The zero-order valence-electron chi connectivity index (χ0n) is 12.7. The van der Waals surface area contributed by atoms with Gasteiger partial charge in [-0.05, 0) is 54.0 Å². The molecule has 0 radical (unpaired) electrons. The molecule has 0 aromatic heterocycles. The van der Waals surface area contributed by atoms with Gasteiger partial charge in [0.2, 0.25) is 0 Å². The number of nitrogens with one attached hydrogen (secondary N) is 1. The van der Waals surface area contributed by atoms with E-state index in [9.17, 15) is 4.39 Å². The van der Waals surface area contributed by atoms with Crippen molar-refractivity contribution in [2.75, 3.05) is 33.3 Å². The highest BCUT2D eigenvalue weighted by Crippen LogP contribution is 2.23. The van der Waals surface area contributed by atoms with Crippen LogP contribution >= 0.6 is 15.9 Å². The molecule has 2 atom stereocenters. The van der Waals surface area contributed by atoms with Gasteiger partial charge in [0.25, 0.3) is 0 Å². The van der Waals surface area contributed by atoms with Crippen molar-refractivity contribution in [1.82, 2.24) is 10.2 Å². The lowest BCUT2D eigenvalue weighted by Crippen LogP contribution is -2.52. The fourth-order valence-corrected chi connectivity index (χ4v) is 3.28. The molecule has 0 aliphatic carbocycles. The molecular weight excluding hydrogens is 335 g/mol. The molecule has 2 unspecified atom stereocenters. The Labute approximate surface area is 135 Å². The molecule has 0 spiro atoms. The minimum Gasteiger partial charge on any atom is -0.374 e. The van der Waals surface area contributed by atoms with Crippen molar-refractivity contribution >= 4 is 15.9 Å². The third-order valence-electron chi connectivity index (χ3n) is 4.01. The maximum Gasteiger partial charge on any atom is 0.137 e. The summed E-state index contributed by atoms with van der Waals surface area (Å²) in [6.07, 6.45) is 2.05. The van der Waals surface area contributed by atoms with Crippen LogP contribution in [0.1, 0.15) is 18.9 Å². The van der Waals surface area contributed by atoms with Gasteiger partial charge in [-0.25, -0.2) is 4.39 Å². The first-order valence-electron chi connectivity index (χ1n) is 7.59. The maximum atomic E-state index is 13.6. The van der Waals surface area contributed by atoms with Gasteiger partial charge >= 0.3 is 0 Å². The highest BCUT2D eigenvalue weighted by molar-refractivity contribution is 9.10. The Hall–Kier alpha value is -0.490. The minimum absolute atomic E-state index is 0.144. The van der Waals surface area contributed by atoms with Crippen molar-refractivity contribution in [2.24, 2.45) is 0 Å². The summed E-state index contributed by atoms with van der Waals surface area (Å²) in [5.74, 6) is -0.209. The molecule has 1 aromatic rings. The quantitative estimate of drug-likeness (QED) is 0.846. The lowest BCUT2D eigenvalue weighted by atomic mass is 10.00. The predicted molar refractivity (Wildman–Crippen MR) is 87.1 cm³/mol. The predicted octanol–water partition coefficient (Wildman–Crippen LogP) is 2.83. The maximum absolute atomic E-state index is 13.6. The summed E-state index contributed by atoms with van der Waals surface area (Å²) in [5.41, 5.74) is 0.977. The fraction of sp³-hybridized carbons (Fsp3) is 0.625. The van der Waals surface area contributed by atoms with Crippen molar-refractivity contribution < 1.29 is 9.13 Å². The third-order valence-corrected chi connectivity index (χ3v) is 4.90. The smallest absolute Gasteiger partial charge is 0.137 e. The van der Waals surface area contributed by atoms with E-state index in [0.29, 0.717) is 4.47 Å². The number of morpholine rings is 1. The van der Waals surface area contributed by atoms with E-state index in [1.807, 2.05) is 13.1 Å². The number of hydrogen-bond acceptors (Lipinski definition) is 3. The Morgan fingerprint density at radius 1 is 1.52 bits per heavy atom. The van der Waals surface area contributed by atoms with E-state index < -0.39 is 0 Å². The Morgan fingerprint density at radius 3 is 3.05 bits per heavy atom. The van der Waals surface area contributed by atoms with Crippen LogP contribution in [0.3, 0.4) is 0 Å². The van der Waals surface area contributed by atoms with E-state index >= 15 is 0 Å². The van der Waals surface area contributed by atoms with Crippen LogP contribution in [-0.2, 0) is 11.2 Å². The Kier molecular flexibility index (Phi) is 6.61. The van der Waals surface area contributed by atoms with Gasteiger partial charge in [0.15, 0.2) is 0 Å². The number of hydrogen-bond donors (Lipinski definition) is 1. The average molecular weight is 359 g/mol. The minimum atomic E-state index is -0.209. The summed E-state index contributed by atoms with van der Waals surface area (Å²) < 4.78 is 20.1. The van der Waals surface area contributed by atoms with E-state index in [-0.39, 0.29) is 18.0 Å². The van der Waals surface area contributed by atoms with E-state index in [2.05, 4.69) is 33.1 Å². The molecule has 1 heterocycles. The molecule has 1 N–H and O–H groups in total. The molecule has 1 saturated heterocycles. The number of ether oxygens (including phenoxy) is 1. The Morgan fingerprint density at radius 2 is 2.33 bits per heavy atom. The molecule has 1 aromatic carbocycles. The highest BCUT2D eigenvalue weighted by atomic mass is 79.9. The Balaban J connectivity index is 2.03. The molecule has 1 aliphatic heterocycles. The monoisotopic (exact) mass is 358 g/mol. The zero-order chi connectivity index (χ0) is 15.2. The van der Waals surface area contributed by atoms with E-state index in [1.54, 1.807) is 6.07 Å². The van der Waals surface area contributed by atoms with Crippen LogP contribution in [0.5, 0.6) is 0 Å². The standard InChI is InChI=1S/C16H24BrFN2O/c1-3-7-20-8-9-21-15(11-20)14(19-2)10-12-5-4-6-13(18)16(12)17/h4-6,14-15,19H,3,7-11H2,1-2H3. The number of halogens is 2. The SMILES string of the molecule is CCCN1CCOC(C(Cc2cccc(F)c2Br)NC)C1. The van der Waals surface area contributed by atoms with Crippen LogP contribution in [0, 0.1) is 5.82 Å². The largest absolute Gasteiger partial charge is 0.374 e. The van der Waals surface area contributed by atoms with E-state index in [0.717, 1.165) is 44.6 Å². The summed E-state index contributed by atoms with van der Waals surface area (Å²) >= 11 is 3.34. The average Bonchev–Trinajstić information content (AvgIpc) is 2.49. The number of likely N-dealkylation sites (N-methyl/N-ethyl adjacent to an activating group) is 1. The number of benzene rings is 1. The van der Waals surface area contributed by atoms with Crippen LogP contribution in [0.25, 0.3) is 0 Å². The normalized spacial score (nSPS) is 21.4. The molecule has 0 amide bonds. The van der Waals surface area contributed by atoms with Crippen LogP contribution in [0.15, 0.2) is 22.7 Å². The van der Waals surface area contributed by atoms with Crippen LogP contribution in [0.2, 0.25) is 0 Å². The molecule has 0 bridgehead atoms. The molecule has 0 saturated carbocycles. The van der Waals surface area contributed by atoms with Gasteiger partial charge < -0.3 is 10.1 Å². The molecule has 3 nitrogen and oxygen atoms in total. The first-order valence-corrected chi connectivity index (χ1v) is 8.39. The van der Waals surface area contributed by atoms with Crippen molar-refractivity contribution in [2.45, 2.75) is 31.9 Å². The van der Waals surface area contributed by atoms with Gasteiger partial charge in [-0.15, -0.1) is 0 Å². The molecule has 21 heavy (non-hydrogen) atoms. The molecular formula is C16H24BrFN2O. The molecule has 118 valence electrons. The second kappa shape index (κ2) is 8.22. The summed E-state index contributed by atoms with van der Waals surface area (Å²) in [5, 5.41) is 3.33. The first-order chi connectivity index (χ1) is 10.2. The van der Waals surface area contributed by atoms with Crippen molar-refractivity contribution in [3.8, 4) is 0 Å². The lowest BCUT2D eigenvalue weighted by molar-refractivity contribution is -0.0451. The summed E-state index contributed by atoms with van der Waals surface area (Å²) in [7, 11) is 1.94. The van der Waals surface area contributed by atoms with Crippen molar-refractivity contribution in [1.29, 1.82) is 0 Å². The fourth-order valence-electron chi connectivity index (χ4n) is 2.86. The van der Waals surface area contributed by atoms with Crippen molar-refractivity contribution in [3.63, 3.8) is 0 Å². The van der Waals surface area contributed by atoms with Crippen LogP contribution in [0.4, 0.5) is 4.39 Å². The summed E-state index contributed by atoms with van der Waals surface area (Å²) in [6.45, 7) is 6.02. The van der Waals surface area contributed by atoms with Crippen LogP contribution in [-0.4, -0.2) is 50.3 Å². The molecule has 2 rings (SSSR count). The van der Waals surface area contributed by atoms with Gasteiger partial charge in [0.05, 0.1) is 17.2 Å². The Bertz CT molecular complexity index is 456. The number of nitrogens with zero attached hydrogens (tertiary/aromatic N) is 1. The van der Waals surface area contributed by atoms with Gasteiger partial charge in [-0.2, -0.15) is 0 Å². The summed E-state index contributed by atoms with van der Waals surface area (Å²) in [6, 6.07) is 5.38. The topological polar surface area (TPSA) is 24.5 Å². The summed E-state index contributed by atoms with van der Waals surface area (Å²) in [4.78, 5) is 2.44. The van der Waals surface area contributed by atoms with Gasteiger partial charge in [0.1, 0.15) is 5.82 Å². The molecule has 5 heteroatoms. The van der Waals surface area contributed by atoms with Crippen LogP contribution < -0.4 is 5.32 Å². The first kappa shape index (κ1) is 16.9. The lowest BCUT2D eigenvalue weighted by Gasteiger charge is -2.37. The second-order valence-electron chi connectivity index (χ2n) is 5.52. The second-order valence-corrected chi connectivity index (χ2v) is 6.32. The highest BCUT2D eigenvalue weighted by Gasteiger charge is 2.27. The van der Waals surface area contributed by atoms with E-state index in [1.165, 1.54) is 6.07 Å².